The van der Waals surface area contributed by atoms with Gasteiger partial charge in [0.1, 0.15) is 0 Å². The first-order chi connectivity index (χ1) is 8.91. The number of hydrogen-bond donors (Lipinski definition) is 1. The third-order valence-corrected chi connectivity index (χ3v) is 3.96. The van der Waals surface area contributed by atoms with E-state index in [9.17, 15) is 13.2 Å². The van der Waals surface area contributed by atoms with Crippen LogP contribution in [0.1, 0.15) is 18.1 Å². The number of fused-ring (bicyclic) bond motifs is 1. The van der Waals surface area contributed by atoms with E-state index in [0.717, 1.165) is 11.1 Å². The Morgan fingerprint density at radius 2 is 2.16 bits per heavy atom. The highest BCUT2D eigenvalue weighted by Gasteiger charge is 2.22. The maximum absolute atomic E-state index is 11.7. The Bertz CT molecular complexity index is 598. The lowest BCUT2D eigenvalue weighted by Gasteiger charge is -2.28. The maximum atomic E-state index is 11.7. The van der Waals surface area contributed by atoms with Crippen LogP contribution in [-0.4, -0.2) is 32.6 Å². The van der Waals surface area contributed by atoms with Crippen LogP contribution in [0.4, 0.5) is 4.79 Å². The summed E-state index contributed by atoms with van der Waals surface area (Å²) in [6, 6.07) is 4.77. The molecule has 6 nitrogen and oxygen atoms in total. The Morgan fingerprint density at radius 1 is 1.42 bits per heavy atom. The second-order valence-electron chi connectivity index (χ2n) is 4.35. The van der Waals surface area contributed by atoms with Gasteiger partial charge in [0, 0.05) is 13.1 Å². The second-order valence-corrected chi connectivity index (χ2v) is 5.91. The number of primary sulfonamides is 1. The van der Waals surface area contributed by atoms with E-state index >= 15 is 0 Å². The molecule has 1 aromatic rings. The summed E-state index contributed by atoms with van der Waals surface area (Å²) in [4.78, 5) is 13.3. The molecule has 0 radical (unpaired) electrons. The first-order valence-electron chi connectivity index (χ1n) is 5.98. The number of carbonyl (C=O) groups is 1. The van der Waals surface area contributed by atoms with Crippen LogP contribution in [0.5, 0.6) is 0 Å². The Balaban J connectivity index is 2.26. The highest BCUT2D eigenvalue weighted by molar-refractivity contribution is 7.89. The van der Waals surface area contributed by atoms with Crippen molar-refractivity contribution in [3.05, 3.63) is 29.3 Å². The lowest BCUT2D eigenvalue weighted by atomic mass is 10.0. The number of ether oxygens (including phenoxy) is 1. The van der Waals surface area contributed by atoms with Crippen molar-refractivity contribution in [2.45, 2.75) is 24.8 Å². The lowest BCUT2D eigenvalue weighted by molar-refractivity contribution is 0.102. The molecule has 0 saturated heterocycles. The van der Waals surface area contributed by atoms with Gasteiger partial charge in [0.2, 0.25) is 10.0 Å². The van der Waals surface area contributed by atoms with Crippen LogP contribution in [0.2, 0.25) is 0 Å². The quantitative estimate of drug-likeness (QED) is 0.871. The Morgan fingerprint density at radius 3 is 2.79 bits per heavy atom. The first-order valence-corrected chi connectivity index (χ1v) is 7.52. The lowest BCUT2D eigenvalue weighted by Crippen LogP contribution is -2.36. The molecule has 2 rings (SSSR count). The van der Waals surface area contributed by atoms with Crippen LogP contribution in [0.15, 0.2) is 23.1 Å². The molecule has 1 amide bonds. The van der Waals surface area contributed by atoms with Gasteiger partial charge in [-0.3, -0.25) is 0 Å². The van der Waals surface area contributed by atoms with Gasteiger partial charge in [-0.05, 0) is 36.6 Å². The van der Waals surface area contributed by atoms with Crippen molar-refractivity contribution in [1.82, 2.24) is 4.90 Å². The zero-order chi connectivity index (χ0) is 14.0. The van der Waals surface area contributed by atoms with Crippen molar-refractivity contribution in [2.24, 2.45) is 5.14 Å². The van der Waals surface area contributed by atoms with E-state index in [4.69, 9.17) is 9.88 Å². The van der Waals surface area contributed by atoms with Crippen molar-refractivity contribution >= 4 is 16.1 Å². The van der Waals surface area contributed by atoms with Crippen LogP contribution in [0, 0.1) is 0 Å². The molecule has 1 aliphatic heterocycles. The molecular weight excluding hydrogens is 268 g/mol. The van der Waals surface area contributed by atoms with Gasteiger partial charge in [0.05, 0.1) is 11.5 Å². The zero-order valence-corrected chi connectivity index (χ0v) is 11.4. The van der Waals surface area contributed by atoms with Crippen LogP contribution in [-0.2, 0) is 27.7 Å². The molecule has 0 fully saturated rings. The molecule has 0 unspecified atom stereocenters. The van der Waals surface area contributed by atoms with E-state index in [0.29, 0.717) is 26.1 Å². The smallest absolute Gasteiger partial charge is 0.410 e. The molecule has 104 valence electrons. The van der Waals surface area contributed by atoms with Gasteiger partial charge in [-0.1, -0.05) is 6.07 Å². The fourth-order valence-corrected chi connectivity index (χ4v) is 2.65. The normalized spacial score (nSPS) is 14.9. The topological polar surface area (TPSA) is 89.7 Å². The van der Waals surface area contributed by atoms with E-state index in [1.807, 2.05) is 0 Å². The van der Waals surface area contributed by atoms with E-state index in [2.05, 4.69) is 0 Å². The van der Waals surface area contributed by atoms with Gasteiger partial charge < -0.3 is 9.64 Å². The summed E-state index contributed by atoms with van der Waals surface area (Å²) in [6.07, 6.45) is 0.299. The minimum Gasteiger partial charge on any atom is -0.450 e. The summed E-state index contributed by atoms with van der Waals surface area (Å²) in [5.41, 5.74) is 1.83. The Hall–Kier alpha value is -1.60. The number of amides is 1. The van der Waals surface area contributed by atoms with E-state index in [1.54, 1.807) is 17.9 Å². The standard InChI is InChI=1S/C12H16N2O4S/c1-2-18-12(15)14-6-5-9-3-4-11(19(13,16)17)7-10(9)8-14/h3-4,7H,2,5-6,8H2,1H3,(H2,13,16,17). The average Bonchev–Trinajstić information content (AvgIpc) is 2.36. The summed E-state index contributed by atoms with van der Waals surface area (Å²) in [5, 5.41) is 5.10. The predicted molar refractivity (Wildman–Crippen MR) is 69.0 cm³/mol. The zero-order valence-electron chi connectivity index (χ0n) is 10.6. The van der Waals surface area contributed by atoms with Crippen LogP contribution >= 0.6 is 0 Å². The third-order valence-electron chi connectivity index (χ3n) is 3.04. The van der Waals surface area contributed by atoms with E-state index in [-0.39, 0.29) is 11.0 Å². The molecule has 0 spiro atoms. The monoisotopic (exact) mass is 284 g/mol. The van der Waals surface area contributed by atoms with Crippen LogP contribution in [0.3, 0.4) is 0 Å². The maximum Gasteiger partial charge on any atom is 0.410 e. The highest BCUT2D eigenvalue weighted by Crippen LogP contribution is 2.22. The highest BCUT2D eigenvalue weighted by atomic mass is 32.2. The Labute approximate surface area is 112 Å². The second kappa shape index (κ2) is 5.18. The summed E-state index contributed by atoms with van der Waals surface area (Å²) < 4.78 is 27.6. The summed E-state index contributed by atoms with van der Waals surface area (Å²) in [6.45, 7) is 2.98. The molecular formula is C12H16N2O4S. The third kappa shape index (κ3) is 3.05. The van der Waals surface area contributed by atoms with Gasteiger partial charge in [0.25, 0.3) is 0 Å². The number of rotatable bonds is 2. The van der Waals surface area contributed by atoms with Crippen molar-refractivity contribution in [1.29, 1.82) is 0 Å². The summed E-state index contributed by atoms with van der Waals surface area (Å²) in [7, 11) is -3.72. The van der Waals surface area contributed by atoms with Gasteiger partial charge >= 0.3 is 6.09 Å². The average molecular weight is 284 g/mol. The van der Waals surface area contributed by atoms with Crippen molar-refractivity contribution in [3.63, 3.8) is 0 Å². The first kappa shape index (κ1) is 13.8. The van der Waals surface area contributed by atoms with Crippen LogP contribution in [0.25, 0.3) is 0 Å². The van der Waals surface area contributed by atoms with E-state index in [1.165, 1.54) is 12.1 Å². The van der Waals surface area contributed by atoms with Gasteiger partial charge in [-0.15, -0.1) is 0 Å². The predicted octanol–water partition coefficient (Wildman–Crippen LogP) is 0.849. The number of hydrogen-bond acceptors (Lipinski definition) is 4. The minimum atomic E-state index is -3.72. The SMILES string of the molecule is CCOC(=O)N1CCc2ccc(S(N)(=O)=O)cc2C1. The van der Waals surface area contributed by atoms with Gasteiger partial charge in [0.15, 0.2) is 0 Å². The molecule has 0 bridgehead atoms. The molecule has 1 aliphatic rings. The number of sulfonamides is 1. The largest absolute Gasteiger partial charge is 0.450 e. The molecule has 7 heteroatoms. The number of nitrogens with two attached hydrogens (primary N) is 1. The fraction of sp³-hybridized carbons (Fsp3) is 0.417. The van der Waals surface area contributed by atoms with Crippen molar-refractivity contribution in [2.75, 3.05) is 13.2 Å². The summed E-state index contributed by atoms with van der Waals surface area (Å²) >= 11 is 0. The van der Waals surface area contributed by atoms with E-state index < -0.39 is 10.0 Å². The summed E-state index contributed by atoms with van der Waals surface area (Å²) in [5.74, 6) is 0. The van der Waals surface area contributed by atoms with Gasteiger partial charge in [-0.2, -0.15) is 0 Å². The molecule has 0 aromatic heterocycles. The van der Waals surface area contributed by atoms with Gasteiger partial charge in [-0.25, -0.2) is 18.4 Å². The van der Waals surface area contributed by atoms with Crippen molar-refractivity contribution < 1.29 is 17.9 Å². The molecule has 19 heavy (non-hydrogen) atoms. The molecule has 0 atom stereocenters. The Kier molecular flexibility index (Phi) is 3.77. The molecule has 0 saturated carbocycles. The van der Waals surface area contributed by atoms with Crippen LogP contribution < -0.4 is 5.14 Å². The fourth-order valence-electron chi connectivity index (χ4n) is 2.08. The number of benzene rings is 1. The molecule has 0 aliphatic carbocycles. The molecule has 1 heterocycles. The minimum absolute atomic E-state index is 0.0666. The molecule has 1 aromatic carbocycles. The van der Waals surface area contributed by atoms with Crippen molar-refractivity contribution in [3.8, 4) is 0 Å². The number of carbonyl (C=O) groups excluding carboxylic acids is 1. The number of nitrogens with zero attached hydrogens (tertiary/aromatic N) is 1. The molecule has 2 N–H and O–H groups in total.